The molecule has 6 nitrogen and oxygen atoms in total. The minimum atomic E-state index is 0. The van der Waals surface area contributed by atoms with Crippen molar-refractivity contribution in [3.05, 3.63) is 24.4 Å². The molecule has 0 radical (unpaired) electrons. The number of guanidine groups is 1. The number of halogens is 1. The fourth-order valence-corrected chi connectivity index (χ4v) is 1.97. The van der Waals surface area contributed by atoms with E-state index in [1.807, 2.05) is 23.1 Å². The van der Waals surface area contributed by atoms with Gasteiger partial charge in [-0.15, -0.1) is 24.0 Å². The molecule has 0 unspecified atom stereocenters. The highest BCUT2D eigenvalue weighted by molar-refractivity contribution is 14.0. The first kappa shape index (κ1) is 16.0. The van der Waals surface area contributed by atoms with Crippen molar-refractivity contribution in [2.24, 2.45) is 10.7 Å². The Balaban J connectivity index is 0.00000180. The Morgan fingerprint density at radius 1 is 1.32 bits per heavy atom. The van der Waals surface area contributed by atoms with Crippen LogP contribution in [0.2, 0.25) is 0 Å². The average Bonchev–Trinajstić information content (AvgIpc) is 2.46. The second-order valence-electron chi connectivity index (χ2n) is 4.13. The number of aromatic nitrogens is 1. The number of piperazine rings is 1. The Morgan fingerprint density at radius 3 is 2.63 bits per heavy atom. The van der Waals surface area contributed by atoms with Gasteiger partial charge >= 0.3 is 0 Å². The molecule has 1 aromatic heterocycles. The van der Waals surface area contributed by atoms with Gasteiger partial charge in [0.25, 0.3) is 0 Å². The maximum absolute atomic E-state index is 8.71. The standard InChI is InChI=1S/C12H19N5O.HI/c13-12(15-5-10-18)17-8-6-16(7-9-17)11-3-1-2-4-14-11;/h1-4,18H,5-10H2,(H2,13,15);1H. The van der Waals surface area contributed by atoms with E-state index in [2.05, 4.69) is 14.9 Å². The molecule has 0 aliphatic carbocycles. The molecule has 1 aliphatic rings. The zero-order valence-electron chi connectivity index (χ0n) is 10.8. The number of aliphatic hydroxyl groups excluding tert-OH is 1. The smallest absolute Gasteiger partial charge is 0.191 e. The molecule has 1 fully saturated rings. The molecule has 0 atom stereocenters. The maximum atomic E-state index is 8.71. The summed E-state index contributed by atoms with van der Waals surface area (Å²) in [6, 6.07) is 5.92. The second-order valence-corrected chi connectivity index (χ2v) is 4.13. The number of nitrogens with zero attached hydrogens (tertiary/aromatic N) is 4. The minimum Gasteiger partial charge on any atom is -0.394 e. The van der Waals surface area contributed by atoms with Gasteiger partial charge in [0.15, 0.2) is 5.96 Å². The van der Waals surface area contributed by atoms with E-state index in [4.69, 9.17) is 10.8 Å². The number of anilines is 1. The van der Waals surface area contributed by atoms with E-state index in [-0.39, 0.29) is 30.6 Å². The lowest BCUT2D eigenvalue weighted by atomic mass is 10.3. The van der Waals surface area contributed by atoms with Crippen LogP contribution >= 0.6 is 24.0 Å². The van der Waals surface area contributed by atoms with Crippen molar-refractivity contribution < 1.29 is 5.11 Å². The molecule has 2 heterocycles. The highest BCUT2D eigenvalue weighted by atomic mass is 127. The summed E-state index contributed by atoms with van der Waals surface area (Å²) in [4.78, 5) is 12.7. The highest BCUT2D eigenvalue weighted by Crippen LogP contribution is 2.12. The number of rotatable bonds is 3. The van der Waals surface area contributed by atoms with E-state index in [1.54, 1.807) is 6.20 Å². The van der Waals surface area contributed by atoms with Crippen molar-refractivity contribution in [2.45, 2.75) is 0 Å². The lowest BCUT2D eigenvalue weighted by Gasteiger charge is -2.35. The van der Waals surface area contributed by atoms with Crippen LogP contribution in [0.3, 0.4) is 0 Å². The van der Waals surface area contributed by atoms with Gasteiger partial charge in [0.05, 0.1) is 13.2 Å². The second kappa shape index (κ2) is 8.16. The fraction of sp³-hybridized carbons (Fsp3) is 0.500. The van der Waals surface area contributed by atoms with Crippen molar-refractivity contribution in [1.29, 1.82) is 0 Å². The zero-order chi connectivity index (χ0) is 12.8. The van der Waals surface area contributed by atoms with Crippen LogP contribution in [-0.4, -0.2) is 60.3 Å². The Kier molecular flexibility index (Phi) is 6.85. The largest absolute Gasteiger partial charge is 0.394 e. The number of pyridine rings is 1. The molecule has 106 valence electrons. The molecule has 1 saturated heterocycles. The van der Waals surface area contributed by atoms with E-state index in [9.17, 15) is 0 Å². The summed E-state index contributed by atoms with van der Waals surface area (Å²) in [7, 11) is 0. The summed E-state index contributed by atoms with van der Waals surface area (Å²) < 4.78 is 0. The first-order valence-corrected chi connectivity index (χ1v) is 6.13. The van der Waals surface area contributed by atoms with Crippen LogP contribution < -0.4 is 10.6 Å². The third kappa shape index (κ3) is 4.50. The first-order chi connectivity index (χ1) is 8.81. The molecule has 19 heavy (non-hydrogen) atoms. The summed E-state index contributed by atoms with van der Waals surface area (Å²) in [6.45, 7) is 3.83. The quantitative estimate of drug-likeness (QED) is 0.445. The number of hydrogen-bond donors (Lipinski definition) is 2. The molecule has 1 aliphatic heterocycles. The number of nitrogens with two attached hydrogens (primary N) is 1. The minimum absolute atomic E-state index is 0. The van der Waals surface area contributed by atoms with Crippen molar-refractivity contribution >= 4 is 35.8 Å². The molecule has 2 rings (SSSR count). The topological polar surface area (TPSA) is 78.0 Å². The zero-order valence-corrected chi connectivity index (χ0v) is 13.1. The van der Waals surface area contributed by atoms with E-state index < -0.39 is 0 Å². The monoisotopic (exact) mass is 377 g/mol. The van der Waals surface area contributed by atoms with Gasteiger partial charge in [-0.3, -0.25) is 4.99 Å². The Labute approximate surface area is 130 Å². The number of aliphatic imine (C=N–C) groups is 1. The Morgan fingerprint density at radius 2 is 2.05 bits per heavy atom. The summed E-state index contributed by atoms with van der Waals surface area (Å²) >= 11 is 0. The predicted molar refractivity (Wildman–Crippen MR) is 87.0 cm³/mol. The van der Waals surface area contributed by atoms with E-state index in [0.717, 1.165) is 32.0 Å². The fourth-order valence-electron chi connectivity index (χ4n) is 1.97. The van der Waals surface area contributed by atoms with Gasteiger partial charge in [0.2, 0.25) is 0 Å². The van der Waals surface area contributed by atoms with Crippen LogP contribution in [0.15, 0.2) is 29.4 Å². The van der Waals surface area contributed by atoms with Crippen molar-refractivity contribution in [3.8, 4) is 0 Å². The van der Waals surface area contributed by atoms with Gasteiger partial charge in [-0.1, -0.05) is 6.07 Å². The summed E-state index contributed by atoms with van der Waals surface area (Å²) in [5.74, 6) is 1.52. The number of aliphatic hydroxyl groups is 1. The van der Waals surface area contributed by atoms with Crippen LogP contribution in [0, 0.1) is 0 Å². The molecule has 1 aromatic rings. The molecule has 3 N–H and O–H groups in total. The third-order valence-corrected chi connectivity index (χ3v) is 2.95. The van der Waals surface area contributed by atoms with E-state index >= 15 is 0 Å². The van der Waals surface area contributed by atoms with E-state index in [1.165, 1.54) is 0 Å². The normalized spacial score (nSPS) is 16.2. The first-order valence-electron chi connectivity index (χ1n) is 6.13. The van der Waals surface area contributed by atoms with Crippen LogP contribution in [0.25, 0.3) is 0 Å². The lowest BCUT2D eigenvalue weighted by Crippen LogP contribution is -2.51. The van der Waals surface area contributed by atoms with Gasteiger partial charge in [-0.05, 0) is 12.1 Å². The molecule has 0 aromatic carbocycles. The maximum Gasteiger partial charge on any atom is 0.191 e. The summed E-state index contributed by atoms with van der Waals surface area (Å²) in [5, 5.41) is 8.71. The number of hydrogen-bond acceptors (Lipinski definition) is 4. The van der Waals surface area contributed by atoms with Gasteiger partial charge in [0, 0.05) is 32.4 Å². The molecule has 0 amide bonds. The molecule has 0 spiro atoms. The Hall–Kier alpha value is -1.09. The van der Waals surface area contributed by atoms with Crippen LogP contribution in [0.1, 0.15) is 0 Å². The van der Waals surface area contributed by atoms with Crippen LogP contribution in [-0.2, 0) is 0 Å². The molecule has 7 heteroatoms. The SMILES string of the molecule is I.NC(=NCCO)N1CCN(c2ccccn2)CC1. The average molecular weight is 377 g/mol. The Bertz CT molecular complexity index is 392. The van der Waals surface area contributed by atoms with Gasteiger partial charge in [-0.2, -0.15) is 0 Å². The summed E-state index contributed by atoms with van der Waals surface area (Å²) in [5.41, 5.74) is 5.85. The van der Waals surface area contributed by atoms with Crippen molar-refractivity contribution in [3.63, 3.8) is 0 Å². The van der Waals surface area contributed by atoms with Crippen molar-refractivity contribution in [1.82, 2.24) is 9.88 Å². The van der Waals surface area contributed by atoms with Crippen LogP contribution in [0.4, 0.5) is 5.82 Å². The van der Waals surface area contributed by atoms with Crippen LogP contribution in [0.5, 0.6) is 0 Å². The molecule has 0 saturated carbocycles. The van der Waals surface area contributed by atoms with Gasteiger partial charge in [0.1, 0.15) is 5.82 Å². The van der Waals surface area contributed by atoms with Gasteiger partial charge < -0.3 is 20.6 Å². The van der Waals surface area contributed by atoms with E-state index in [0.29, 0.717) is 12.5 Å². The predicted octanol–water partition coefficient (Wildman–Crippen LogP) is 0.129. The highest BCUT2D eigenvalue weighted by Gasteiger charge is 2.18. The van der Waals surface area contributed by atoms with Gasteiger partial charge in [-0.25, -0.2) is 4.98 Å². The molecule has 0 bridgehead atoms. The van der Waals surface area contributed by atoms with Crippen molar-refractivity contribution in [2.75, 3.05) is 44.2 Å². The molecular formula is C12H20IN5O. The lowest BCUT2D eigenvalue weighted by molar-refractivity contribution is 0.305. The third-order valence-electron chi connectivity index (χ3n) is 2.95. The molecular weight excluding hydrogens is 357 g/mol. The summed E-state index contributed by atoms with van der Waals surface area (Å²) in [6.07, 6.45) is 1.80.